The minimum absolute atomic E-state index is 0.572. The Morgan fingerprint density at radius 3 is 2.95 bits per heavy atom. The Morgan fingerprint density at radius 2 is 2.24 bits per heavy atom. The van der Waals surface area contributed by atoms with Crippen LogP contribution in [0.2, 0.25) is 0 Å². The summed E-state index contributed by atoms with van der Waals surface area (Å²) in [4.78, 5) is 2.56. The summed E-state index contributed by atoms with van der Waals surface area (Å²) in [5, 5.41) is 0. The number of piperidine rings is 1. The predicted molar refractivity (Wildman–Crippen MR) is 88.7 cm³/mol. The molecule has 0 radical (unpaired) electrons. The fourth-order valence-corrected chi connectivity index (χ4v) is 3.26. The smallest absolute Gasteiger partial charge is 0.119 e. The van der Waals surface area contributed by atoms with E-state index in [2.05, 4.69) is 30.9 Å². The van der Waals surface area contributed by atoms with Crippen LogP contribution in [-0.4, -0.2) is 37.2 Å². The molecule has 1 saturated heterocycles. The zero-order valence-corrected chi connectivity index (χ0v) is 13.6. The van der Waals surface area contributed by atoms with Gasteiger partial charge in [-0.2, -0.15) is 0 Å². The molecule has 1 aliphatic rings. The molecule has 0 aromatic heterocycles. The molecule has 2 N–H and O–H groups in total. The van der Waals surface area contributed by atoms with E-state index in [9.17, 15) is 0 Å². The maximum atomic E-state index is 5.95. The van der Waals surface area contributed by atoms with E-state index in [4.69, 9.17) is 10.5 Å². The van der Waals surface area contributed by atoms with Crippen LogP contribution in [0.3, 0.4) is 0 Å². The summed E-state index contributed by atoms with van der Waals surface area (Å²) in [5.41, 5.74) is 7.20. The van der Waals surface area contributed by atoms with Crippen molar-refractivity contribution in [1.29, 1.82) is 0 Å². The number of hydrogen-bond donors (Lipinski definition) is 1. The van der Waals surface area contributed by atoms with Gasteiger partial charge in [0.25, 0.3) is 0 Å². The standard InChI is InChI=1S/C18H30N2O/c1-3-16-8-10-20(17(13-16)14-19)9-5-11-21-18-7-4-6-15(2)12-18/h4,6-7,12,16-17H,3,5,8-11,13-14,19H2,1-2H3. The normalized spacial score (nSPS) is 23.2. The average Bonchev–Trinajstić information content (AvgIpc) is 2.51. The summed E-state index contributed by atoms with van der Waals surface area (Å²) in [6.45, 7) is 8.26. The van der Waals surface area contributed by atoms with Crippen molar-refractivity contribution in [3.8, 4) is 5.75 Å². The van der Waals surface area contributed by atoms with Gasteiger partial charge in [-0.3, -0.25) is 4.90 Å². The quantitative estimate of drug-likeness (QED) is 0.784. The number of aryl methyl sites for hydroxylation is 1. The SMILES string of the molecule is CCC1CCN(CCCOc2cccc(C)c2)C(CN)C1. The van der Waals surface area contributed by atoms with Crippen LogP contribution in [0.4, 0.5) is 0 Å². The largest absolute Gasteiger partial charge is 0.494 e. The molecule has 1 aromatic rings. The van der Waals surface area contributed by atoms with Gasteiger partial charge in [0.15, 0.2) is 0 Å². The van der Waals surface area contributed by atoms with E-state index in [1.807, 2.05) is 12.1 Å². The molecular formula is C18H30N2O. The van der Waals surface area contributed by atoms with Gasteiger partial charge in [0.2, 0.25) is 0 Å². The third-order valence-corrected chi connectivity index (χ3v) is 4.64. The first kappa shape index (κ1) is 16.3. The average molecular weight is 290 g/mol. The second-order valence-electron chi connectivity index (χ2n) is 6.24. The predicted octanol–water partition coefficient (Wildman–Crippen LogP) is 3.21. The van der Waals surface area contributed by atoms with Gasteiger partial charge in [-0.15, -0.1) is 0 Å². The summed E-state index contributed by atoms with van der Waals surface area (Å²) in [6, 6.07) is 8.83. The van der Waals surface area contributed by atoms with E-state index in [0.29, 0.717) is 6.04 Å². The van der Waals surface area contributed by atoms with Gasteiger partial charge in [-0.25, -0.2) is 0 Å². The van der Waals surface area contributed by atoms with Crippen molar-refractivity contribution < 1.29 is 4.74 Å². The molecule has 118 valence electrons. The maximum Gasteiger partial charge on any atom is 0.119 e. The molecule has 1 aliphatic heterocycles. The Kier molecular flexibility index (Phi) is 6.52. The lowest BCUT2D eigenvalue weighted by molar-refractivity contribution is 0.107. The maximum absolute atomic E-state index is 5.95. The number of likely N-dealkylation sites (tertiary alicyclic amines) is 1. The monoisotopic (exact) mass is 290 g/mol. The molecule has 1 heterocycles. The molecule has 1 fully saturated rings. The van der Waals surface area contributed by atoms with Gasteiger partial charge in [0, 0.05) is 19.1 Å². The van der Waals surface area contributed by atoms with Gasteiger partial charge >= 0.3 is 0 Å². The van der Waals surface area contributed by atoms with E-state index in [0.717, 1.165) is 37.8 Å². The van der Waals surface area contributed by atoms with E-state index >= 15 is 0 Å². The Balaban J connectivity index is 1.70. The molecule has 0 amide bonds. The minimum atomic E-state index is 0.572. The third kappa shape index (κ3) is 5.01. The number of hydrogen-bond acceptors (Lipinski definition) is 3. The lowest BCUT2D eigenvalue weighted by Gasteiger charge is -2.38. The van der Waals surface area contributed by atoms with Crippen molar-refractivity contribution >= 4 is 0 Å². The van der Waals surface area contributed by atoms with Crippen molar-refractivity contribution in [3.05, 3.63) is 29.8 Å². The fourth-order valence-electron chi connectivity index (χ4n) is 3.26. The number of nitrogens with two attached hydrogens (primary N) is 1. The number of nitrogens with zero attached hydrogens (tertiary/aromatic N) is 1. The highest BCUT2D eigenvalue weighted by atomic mass is 16.5. The van der Waals surface area contributed by atoms with Crippen molar-refractivity contribution in [2.75, 3.05) is 26.2 Å². The molecule has 2 rings (SSSR count). The van der Waals surface area contributed by atoms with Crippen molar-refractivity contribution in [3.63, 3.8) is 0 Å². The molecule has 2 atom stereocenters. The highest BCUT2D eigenvalue weighted by Gasteiger charge is 2.25. The Morgan fingerprint density at radius 1 is 1.38 bits per heavy atom. The van der Waals surface area contributed by atoms with E-state index < -0.39 is 0 Å². The first-order valence-electron chi connectivity index (χ1n) is 8.36. The van der Waals surface area contributed by atoms with E-state index in [-0.39, 0.29) is 0 Å². The molecule has 3 nitrogen and oxygen atoms in total. The Hall–Kier alpha value is -1.06. The lowest BCUT2D eigenvalue weighted by Crippen LogP contribution is -2.47. The van der Waals surface area contributed by atoms with Crippen LogP contribution in [-0.2, 0) is 0 Å². The molecule has 0 aliphatic carbocycles. The van der Waals surface area contributed by atoms with Crippen LogP contribution < -0.4 is 10.5 Å². The van der Waals surface area contributed by atoms with Crippen molar-refractivity contribution in [1.82, 2.24) is 4.90 Å². The molecule has 21 heavy (non-hydrogen) atoms. The zero-order chi connectivity index (χ0) is 15.1. The third-order valence-electron chi connectivity index (χ3n) is 4.64. The Labute approximate surface area is 129 Å². The molecule has 2 unspecified atom stereocenters. The van der Waals surface area contributed by atoms with Crippen molar-refractivity contribution in [2.24, 2.45) is 11.7 Å². The highest BCUT2D eigenvalue weighted by Crippen LogP contribution is 2.25. The molecule has 0 bridgehead atoms. The Bertz CT molecular complexity index is 421. The minimum Gasteiger partial charge on any atom is -0.494 e. The fraction of sp³-hybridized carbons (Fsp3) is 0.667. The second kappa shape index (κ2) is 8.40. The van der Waals surface area contributed by atoms with E-state index in [1.165, 1.54) is 31.4 Å². The van der Waals surface area contributed by atoms with Crippen LogP contribution in [0.5, 0.6) is 5.75 Å². The lowest BCUT2D eigenvalue weighted by atomic mass is 9.89. The zero-order valence-electron chi connectivity index (χ0n) is 13.6. The van der Waals surface area contributed by atoms with Gasteiger partial charge < -0.3 is 10.5 Å². The summed E-state index contributed by atoms with van der Waals surface area (Å²) in [5.74, 6) is 1.86. The van der Waals surface area contributed by atoms with Crippen molar-refractivity contribution in [2.45, 2.75) is 45.6 Å². The van der Waals surface area contributed by atoms with Gasteiger partial charge in [-0.1, -0.05) is 25.5 Å². The summed E-state index contributed by atoms with van der Waals surface area (Å²) in [6.07, 6.45) is 4.96. The molecule has 1 aromatic carbocycles. The van der Waals surface area contributed by atoms with Crippen LogP contribution >= 0.6 is 0 Å². The summed E-state index contributed by atoms with van der Waals surface area (Å²) in [7, 11) is 0. The van der Waals surface area contributed by atoms with Crippen LogP contribution in [0.15, 0.2) is 24.3 Å². The highest BCUT2D eigenvalue weighted by molar-refractivity contribution is 5.27. The number of benzene rings is 1. The summed E-state index contributed by atoms with van der Waals surface area (Å²) >= 11 is 0. The van der Waals surface area contributed by atoms with Crippen LogP contribution in [0.1, 0.15) is 38.2 Å². The molecule has 3 heteroatoms. The van der Waals surface area contributed by atoms with Gasteiger partial charge in [0.05, 0.1) is 6.61 Å². The first-order valence-corrected chi connectivity index (χ1v) is 8.36. The van der Waals surface area contributed by atoms with Crippen LogP contribution in [0, 0.1) is 12.8 Å². The van der Waals surface area contributed by atoms with Gasteiger partial charge in [0.1, 0.15) is 5.75 Å². The first-order chi connectivity index (χ1) is 10.2. The molecular weight excluding hydrogens is 260 g/mol. The molecule has 0 saturated carbocycles. The number of ether oxygens (including phenoxy) is 1. The van der Waals surface area contributed by atoms with Gasteiger partial charge in [-0.05, 0) is 56.3 Å². The van der Waals surface area contributed by atoms with Crippen LogP contribution in [0.25, 0.3) is 0 Å². The van der Waals surface area contributed by atoms with E-state index in [1.54, 1.807) is 0 Å². The topological polar surface area (TPSA) is 38.5 Å². The summed E-state index contributed by atoms with van der Waals surface area (Å²) < 4.78 is 5.83. The second-order valence-corrected chi connectivity index (χ2v) is 6.24. The molecule has 0 spiro atoms. The number of rotatable bonds is 7.